The molecule has 2 aliphatic heterocycles. The summed E-state index contributed by atoms with van der Waals surface area (Å²) in [5, 5.41) is 2.09. The number of fused-ring (bicyclic) bond motifs is 3. The van der Waals surface area contributed by atoms with Gasteiger partial charge in [-0.15, -0.1) is 12.8 Å². The molecule has 0 unspecified atom stereocenters. The first-order valence-corrected chi connectivity index (χ1v) is 15.5. The van der Waals surface area contributed by atoms with Crippen LogP contribution in [0.2, 0.25) is 6.32 Å². The minimum atomic E-state index is -0.387. The maximum absolute atomic E-state index is 6.24. The van der Waals surface area contributed by atoms with Gasteiger partial charge in [-0.05, 0) is 102 Å². The van der Waals surface area contributed by atoms with Crippen LogP contribution in [-0.4, -0.2) is 33.2 Å². The first kappa shape index (κ1) is 30.3. The molecule has 2 aromatic carbocycles. The second-order valence-electron chi connectivity index (χ2n) is 12.4. The number of aliphatic imine (C=N–C) groups is 1. The van der Waals surface area contributed by atoms with Crippen LogP contribution in [0.25, 0.3) is 39.3 Å². The van der Waals surface area contributed by atoms with Gasteiger partial charge in [0.05, 0.1) is 33.5 Å². The Balaban J connectivity index is 1.49. The Morgan fingerprint density at radius 3 is 2.56 bits per heavy atom. The molecule has 2 aliphatic rings. The van der Waals surface area contributed by atoms with Gasteiger partial charge in [0, 0.05) is 46.6 Å². The smallest absolute Gasteiger partial charge is 0.403 e. The fraction of sp³-hybridized carbons (Fsp3) is 0.256. The Hall–Kier alpha value is -4.75. The molecule has 0 N–H and O–H groups in total. The summed E-state index contributed by atoms with van der Waals surface area (Å²) in [6, 6.07) is 15.0. The van der Waals surface area contributed by atoms with Gasteiger partial charge in [0.15, 0.2) is 0 Å². The lowest BCUT2D eigenvalue weighted by Crippen LogP contribution is -2.41. The van der Waals surface area contributed by atoms with Crippen molar-refractivity contribution in [3.63, 3.8) is 0 Å². The second-order valence-corrected chi connectivity index (χ2v) is 12.4. The predicted molar refractivity (Wildman–Crippen MR) is 189 cm³/mol. The molecule has 4 aromatic rings. The van der Waals surface area contributed by atoms with E-state index in [1.807, 2.05) is 19.2 Å². The van der Waals surface area contributed by atoms with Crippen LogP contribution in [0.15, 0.2) is 90.2 Å². The Labute approximate surface area is 266 Å². The van der Waals surface area contributed by atoms with Crippen LogP contribution in [-0.2, 0) is 9.31 Å². The largest absolute Gasteiger partial charge is 0.461 e. The van der Waals surface area contributed by atoms with E-state index in [1.165, 1.54) is 0 Å². The number of hydrogen-bond donors (Lipinski definition) is 0. The summed E-state index contributed by atoms with van der Waals surface area (Å²) in [4.78, 5) is 4.63. The van der Waals surface area contributed by atoms with Crippen molar-refractivity contribution in [2.45, 2.75) is 65.0 Å². The summed E-state index contributed by atoms with van der Waals surface area (Å²) in [6.45, 7) is 10.3. The van der Waals surface area contributed by atoms with E-state index in [0.29, 0.717) is 6.32 Å². The van der Waals surface area contributed by atoms with Gasteiger partial charge in [0.2, 0.25) is 0 Å². The molecular weight excluding hydrogens is 553 g/mol. The van der Waals surface area contributed by atoms with Crippen molar-refractivity contribution >= 4 is 46.4 Å². The van der Waals surface area contributed by atoms with E-state index in [9.17, 15) is 0 Å². The number of allylic oxidation sites excluding steroid dienone is 6. The highest BCUT2D eigenvalue weighted by Crippen LogP contribution is 2.39. The Morgan fingerprint density at radius 2 is 1.87 bits per heavy atom. The standard InChI is InChI=1S/C39H38BN3O2/c1-8-11-17-29(9-2)43-36(20-15-24-40-44-38(4,5)39(6,7)45-40)31(10-3)32-21-22-35-33(37(32)43)23-26-42(35)30-18-14-16-28(27-30)34-19-12-13-25-41-34/h1,3,9,11,13-18,20-23,25-27H,12,19,24H2,2,4-7H3/b17-11-,20-15-,29-9+. The van der Waals surface area contributed by atoms with Crippen LogP contribution in [0.4, 0.5) is 0 Å². The molecule has 1 fully saturated rings. The van der Waals surface area contributed by atoms with Gasteiger partial charge >= 0.3 is 7.12 Å². The van der Waals surface area contributed by atoms with Crippen LogP contribution >= 0.6 is 0 Å². The van der Waals surface area contributed by atoms with E-state index in [0.717, 1.165) is 68.6 Å². The van der Waals surface area contributed by atoms with Crippen molar-refractivity contribution in [2.75, 3.05) is 0 Å². The van der Waals surface area contributed by atoms with E-state index in [1.54, 1.807) is 6.08 Å². The summed E-state index contributed by atoms with van der Waals surface area (Å²) in [5.74, 6) is 5.63. The molecule has 224 valence electrons. The molecular formula is C39H38BN3O2. The third-order valence-corrected chi connectivity index (χ3v) is 9.13. The molecule has 0 amide bonds. The van der Waals surface area contributed by atoms with Crippen LogP contribution < -0.4 is 0 Å². The third kappa shape index (κ3) is 5.42. The average molecular weight is 592 g/mol. The molecule has 5 nitrogen and oxygen atoms in total. The minimum absolute atomic E-state index is 0.340. The molecule has 0 bridgehead atoms. The molecule has 0 aliphatic carbocycles. The highest BCUT2D eigenvalue weighted by molar-refractivity contribution is 6.46. The minimum Gasteiger partial charge on any atom is -0.403 e. The van der Waals surface area contributed by atoms with E-state index in [2.05, 4.69) is 127 Å². The summed E-state index contributed by atoms with van der Waals surface area (Å²) in [6.07, 6.45) is 30.4. The van der Waals surface area contributed by atoms with Crippen molar-refractivity contribution in [1.82, 2.24) is 9.13 Å². The van der Waals surface area contributed by atoms with E-state index >= 15 is 0 Å². The van der Waals surface area contributed by atoms with Crippen LogP contribution in [0, 0.1) is 24.7 Å². The fourth-order valence-corrected chi connectivity index (χ4v) is 6.16. The highest BCUT2D eigenvalue weighted by atomic mass is 16.7. The van der Waals surface area contributed by atoms with Crippen molar-refractivity contribution in [2.24, 2.45) is 4.99 Å². The molecule has 6 rings (SSSR count). The van der Waals surface area contributed by atoms with Gasteiger partial charge in [-0.2, -0.15) is 0 Å². The third-order valence-electron chi connectivity index (χ3n) is 9.13. The molecule has 6 heteroatoms. The molecule has 2 aromatic heterocycles. The Kier molecular flexibility index (Phi) is 8.06. The summed E-state index contributed by atoms with van der Waals surface area (Å²) in [5.41, 5.74) is 7.33. The van der Waals surface area contributed by atoms with Gasteiger partial charge in [-0.25, -0.2) is 0 Å². The van der Waals surface area contributed by atoms with Crippen molar-refractivity contribution in [3.05, 3.63) is 102 Å². The van der Waals surface area contributed by atoms with Gasteiger partial charge in [0.1, 0.15) is 0 Å². The Morgan fingerprint density at radius 1 is 1.07 bits per heavy atom. The zero-order chi connectivity index (χ0) is 31.8. The molecule has 0 atom stereocenters. The summed E-state index contributed by atoms with van der Waals surface area (Å²) >= 11 is 0. The van der Waals surface area contributed by atoms with E-state index < -0.39 is 0 Å². The number of rotatable bonds is 7. The van der Waals surface area contributed by atoms with Crippen molar-refractivity contribution < 1.29 is 9.31 Å². The van der Waals surface area contributed by atoms with Gasteiger partial charge in [-0.1, -0.05) is 42.2 Å². The number of aromatic nitrogens is 2. The fourth-order valence-electron chi connectivity index (χ4n) is 6.16. The molecule has 1 saturated heterocycles. The van der Waals surface area contributed by atoms with Crippen LogP contribution in [0.1, 0.15) is 64.3 Å². The zero-order valence-corrected chi connectivity index (χ0v) is 26.7. The number of nitrogens with zero attached hydrogens (tertiary/aromatic N) is 3. The average Bonchev–Trinajstić information content (AvgIpc) is 3.66. The summed E-state index contributed by atoms with van der Waals surface area (Å²) in [7, 11) is -0.340. The number of benzene rings is 2. The number of hydrogen-bond acceptors (Lipinski definition) is 3. The zero-order valence-electron chi connectivity index (χ0n) is 26.7. The first-order valence-electron chi connectivity index (χ1n) is 15.5. The number of terminal acetylenes is 2. The van der Waals surface area contributed by atoms with Gasteiger partial charge in [0.25, 0.3) is 0 Å². The van der Waals surface area contributed by atoms with E-state index in [-0.39, 0.29) is 18.3 Å². The quantitative estimate of drug-likeness (QED) is 0.122. The lowest BCUT2D eigenvalue weighted by atomic mass is 9.84. The maximum Gasteiger partial charge on any atom is 0.461 e. The predicted octanol–water partition coefficient (Wildman–Crippen LogP) is 8.82. The highest BCUT2D eigenvalue weighted by Gasteiger charge is 2.50. The first-order chi connectivity index (χ1) is 21.7. The SMILES string of the molecule is C#C/C=C\C(=C/C)n1c(/C=C\CB2OC(C)(C)C(C)(C)O2)c(C#C)c2ccc3c(ccn3-c3cccc(C4=NC=CCC4)c3)c21. The molecule has 0 spiro atoms. The second kappa shape index (κ2) is 12.0. The lowest BCUT2D eigenvalue weighted by molar-refractivity contribution is 0.00578. The molecule has 0 radical (unpaired) electrons. The lowest BCUT2D eigenvalue weighted by Gasteiger charge is -2.32. The Bertz CT molecular complexity index is 2020. The van der Waals surface area contributed by atoms with Crippen molar-refractivity contribution in [1.29, 1.82) is 0 Å². The van der Waals surface area contributed by atoms with E-state index in [4.69, 9.17) is 22.2 Å². The van der Waals surface area contributed by atoms with Gasteiger partial charge in [-0.3, -0.25) is 4.99 Å². The molecule has 4 heterocycles. The summed E-state index contributed by atoms with van der Waals surface area (Å²) < 4.78 is 16.9. The molecule has 0 saturated carbocycles. The van der Waals surface area contributed by atoms with Crippen LogP contribution in [0.3, 0.4) is 0 Å². The topological polar surface area (TPSA) is 40.7 Å². The van der Waals surface area contributed by atoms with Crippen molar-refractivity contribution in [3.8, 4) is 30.4 Å². The normalized spacial score (nSPS) is 17.9. The monoisotopic (exact) mass is 591 g/mol. The maximum atomic E-state index is 6.24. The van der Waals surface area contributed by atoms with Crippen LogP contribution in [0.5, 0.6) is 0 Å². The van der Waals surface area contributed by atoms with Gasteiger partial charge < -0.3 is 18.4 Å². The molecule has 45 heavy (non-hydrogen) atoms.